The maximum absolute atomic E-state index is 12.8. The van der Waals surface area contributed by atoms with Gasteiger partial charge in [0.15, 0.2) is 0 Å². The number of halogens is 1. The van der Waals surface area contributed by atoms with Crippen LogP contribution in [0.5, 0.6) is 0 Å². The van der Waals surface area contributed by atoms with Gasteiger partial charge < -0.3 is 4.74 Å². The van der Waals surface area contributed by atoms with E-state index >= 15 is 0 Å². The molecule has 18 heavy (non-hydrogen) atoms. The highest BCUT2D eigenvalue weighted by atomic mass is 19.1. The third-order valence-electron chi connectivity index (χ3n) is 2.57. The average molecular weight is 244 g/mol. The Morgan fingerprint density at radius 2 is 1.50 bits per heavy atom. The van der Waals surface area contributed by atoms with E-state index < -0.39 is 0 Å². The highest BCUT2D eigenvalue weighted by molar-refractivity contribution is 5.66. The lowest BCUT2D eigenvalue weighted by Gasteiger charge is -2.05. The quantitative estimate of drug-likeness (QED) is 0.772. The van der Waals surface area contributed by atoms with E-state index in [2.05, 4.69) is 0 Å². The van der Waals surface area contributed by atoms with Gasteiger partial charge in [-0.2, -0.15) is 0 Å². The van der Waals surface area contributed by atoms with Crippen molar-refractivity contribution in [2.75, 3.05) is 0 Å². The number of carbonyl (C=O) groups is 1. The third-order valence-corrected chi connectivity index (χ3v) is 2.57. The minimum absolute atomic E-state index is 0.245. The van der Waals surface area contributed by atoms with Gasteiger partial charge in [-0.05, 0) is 28.8 Å². The molecule has 2 nitrogen and oxygen atoms in total. The van der Waals surface area contributed by atoms with E-state index in [0.29, 0.717) is 0 Å². The number of rotatable bonds is 3. The fourth-order valence-electron chi connectivity index (χ4n) is 1.62. The summed E-state index contributed by atoms with van der Waals surface area (Å²) in [5.41, 5.74) is 2.88. The minimum Gasteiger partial charge on any atom is -0.461 e. The van der Waals surface area contributed by atoms with E-state index in [4.69, 9.17) is 4.74 Å². The minimum atomic E-state index is -0.294. The Balaban J connectivity index is 2.12. The van der Waals surface area contributed by atoms with E-state index in [1.807, 2.05) is 24.3 Å². The first-order valence-electron chi connectivity index (χ1n) is 5.63. The molecule has 2 rings (SSSR count). The van der Waals surface area contributed by atoms with Crippen molar-refractivity contribution in [2.45, 2.75) is 13.5 Å². The number of ether oxygens (including phenoxy) is 1. The molecule has 0 atom stereocenters. The zero-order valence-corrected chi connectivity index (χ0v) is 10.0. The van der Waals surface area contributed by atoms with Gasteiger partial charge in [0.25, 0.3) is 0 Å². The number of esters is 1. The lowest BCUT2D eigenvalue weighted by atomic mass is 10.0. The molecule has 0 bridgehead atoms. The van der Waals surface area contributed by atoms with Gasteiger partial charge in [-0.1, -0.05) is 36.4 Å². The number of benzene rings is 2. The van der Waals surface area contributed by atoms with Crippen LogP contribution in [0.4, 0.5) is 4.39 Å². The summed E-state index contributed by atoms with van der Waals surface area (Å²) in [6.45, 7) is 1.66. The van der Waals surface area contributed by atoms with Gasteiger partial charge in [0.05, 0.1) is 0 Å². The van der Waals surface area contributed by atoms with Gasteiger partial charge in [0.2, 0.25) is 0 Å². The molecule has 92 valence electrons. The molecule has 0 fully saturated rings. The van der Waals surface area contributed by atoms with Crippen molar-refractivity contribution < 1.29 is 13.9 Å². The van der Waals surface area contributed by atoms with Crippen molar-refractivity contribution in [2.24, 2.45) is 0 Å². The van der Waals surface area contributed by atoms with Crippen molar-refractivity contribution in [1.29, 1.82) is 0 Å². The van der Waals surface area contributed by atoms with E-state index in [0.717, 1.165) is 16.7 Å². The summed E-state index contributed by atoms with van der Waals surface area (Å²) in [6.07, 6.45) is 0. The Hall–Kier alpha value is -2.16. The number of hydrogen-bond acceptors (Lipinski definition) is 2. The molecular weight excluding hydrogens is 231 g/mol. The molecule has 0 aliphatic heterocycles. The van der Waals surface area contributed by atoms with Gasteiger partial charge >= 0.3 is 5.97 Å². The Morgan fingerprint density at radius 1 is 1.00 bits per heavy atom. The third kappa shape index (κ3) is 3.17. The molecule has 0 amide bonds. The molecule has 0 radical (unpaired) electrons. The second kappa shape index (κ2) is 5.45. The van der Waals surface area contributed by atoms with Crippen LogP contribution in [0.3, 0.4) is 0 Å². The summed E-state index contributed by atoms with van der Waals surface area (Å²) >= 11 is 0. The van der Waals surface area contributed by atoms with Crippen LogP contribution in [-0.2, 0) is 16.1 Å². The number of hydrogen-bond donors (Lipinski definition) is 0. The fraction of sp³-hybridized carbons (Fsp3) is 0.133. The van der Waals surface area contributed by atoms with Crippen molar-refractivity contribution in [3.63, 3.8) is 0 Å². The highest BCUT2D eigenvalue weighted by Gasteiger charge is 2.00. The first-order chi connectivity index (χ1) is 8.65. The second-order valence-electron chi connectivity index (χ2n) is 3.98. The standard InChI is InChI=1S/C15H13FO2/c1-11(17)18-10-12-2-4-13(5-3-12)14-6-8-15(16)9-7-14/h2-9H,10H2,1H3. The molecule has 0 saturated carbocycles. The maximum atomic E-state index is 12.8. The largest absolute Gasteiger partial charge is 0.461 e. The van der Waals surface area contributed by atoms with Crippen LogP contribution in [0.1, 0.15) is 12.5 Å². The Morgan fingerprint density at radius 3 is 2.00 bits per heavy atom. The lowest BCUT2D eigenvalue weighted by molar-refractivity contribution is -0.142. The predicted molar refractivity (Wildman–Crippen MR) is 67.3 cm³/mol. The first-order valence-corrected chi connectivity index (χ1v) is 5.63. The van der Waals surface area contributed by atoms with E-state index in [1.54, 1.807) is 12.1 Å². The van der Waals surface area contributed by atoms with Gasteiger partial charge in [0, 0.05) is 6.92 Å². The van der Waals surface area contributed by atoms with Gasteiger partial charge in [0.1, 0.15) is 12.4 Å². The summed E-state index contributed by atoms with van der Waals surface area (Å²) < 4.78 is 17.7. The number of carbonyl (C=O) groups excluding carboxylic acids is 1. The van der Waals surface area contributed by atoms with Crippen LogP contribution < -0.4 is 0 Å². The molecule has 0 saturated heterocycles. The molecule has 0 aliphatic carbocycles. The predicted octanol–water partition coefficient (Wildman–Crippen LogP) is 3.56. The van der Waals surface area contributed by atoms with Gasteiger partial charge in [-0.3, -0.25) is 4.79 Å². The molecule has 0 aliphatic rings. The second-order valence-corrected chi connectivity index (χ2v) is 3.98. The Kier molecular flexibility index (Phi) is 3.72. The lowest BCUT2D eigenvalue weighted by Crippen LogP contribution is -1.98. The van der Waals surface area contributed by atoms with Crippen LogP contribution >= 0.6 is 0 Å². The van der Waals surface area contributed by atoms with Gasteiger partial charge in [-0.15, -0.1) is 0 Å². The van der Waals surface area contributed by atoms with Crippen molar-refractivity contribution in [3.05, 3.63) is 59.9 Å². The Labute approximate surface area is 105 Å². The molecule has 0 heterocycles. The fourth-order valence-corrected chi connectivity index (χ4v) is 1.62. The smallest absolute Gasteiger partial charge is 0.302 e. The molecule has 0 unspecified atom stereocenters. The summed E-state index contributed by atoms with van der Waals surface area (Å²) in [6, 6.07) is 14.0. The molecular formula is C15H13FO2. The summed E-state index contributed by atoms with van der Waals surface area (Å²) in [7, 11) is 0. The van der Waals surface area contributed by atoms with Crippen LogP contribution in [0, 0.1) is 5.82 Å². The normalized spacial score (nSPS) is 10.1. The Bertz CT molecular complexity index is 529. The van der Waals surface area contributed by atoms with Crippen LogP contribution in [0.25, 0.3) is 11.1 Å². The van der Waals surface area contributed by atoms with Crippen molar-refractivity contribution in [3.8, 4) is 11.1 Å². The van der Waals surface area contributed by atoms with Gasteiger partial charge in [-0.25, -0.2) is 4.39 Å². The highest BCUT2D eigenvalue weighted by Crippen LogP contribution is 2.20. The van der Waals surface area contributed by atoms with Crippen molar-refractivity contribution >= 4 is 5.97 Å². The average Bonchev–Trinajstić information content (AvgIpc) is 2.38. The van der Waals surface area contributed by atoms with Crippen LogP contribution in [0.2, 0.25) is 0 Å². The zero-order valence-electron chi connectivity index (χ0n) is 10.0. The SMILES string of the molecule is CC(=O)OCc1ccc(-c2ccc(F)cc2)cc1. The first kappa shape index (κ1) is 12.3. The van der Waals surface area contributed by atoms with Crippen molar-refractivity contribution in [1.82, 2.24) is 0 Å². The molecule has 2 aromatic rings. The van der Waals surface area contributed by atoms with Crippen LogP contribution in [-0.4, -0.2) is 5.97 Å². The molecule has 0 spiro atoms. The van der Waals surface area contributed by atoms with Crippen LogP contribution in [0.15, 0.2) is 48.5 Å². The molecule has 3 heteroatoms. The summed E-state index contributed by atoms with van der Waals surface area (Å²) in [4.78, 5) is 10.7. The maximum Gasteiger partial charge on any atom is 0.302 e. The molecule has 2 aromatic carbocycles. The topological polar surface area (TPSA) is 26.3 Å². The monoisotopic (exact) mass is 244 g/mol. The van der Waals surface area contributed by atoms with E-state index in [1.165, 1.54) is 19.1 Å². The summed E-state index contributed by atoms with van der Waals surface area (Å²) in [5.74, 6) is -0.539. The molecule has 0 N–H and O–H groups in total. The zero-order chi connectivity index (χ0) is 13.0. The summed E-state index contributed by atoms with van der Waals surface area (Å²) in [5, 5.41) is 0. The molecule has 0 aromatic heterocycles. The van der Waals surface area contributed by atoms with E-state index in [-0.39, 0.29) is 18.4 Å². The van der Waals surface area contributed by atoms with E-state index in [9.17, 15) is 9.18 Å².